The van der Waals surface area contributed by atoms with Crippen LogP contribution in [0.5, 0.6) is 0 Å². The number of anilines is 1. The monoisotopic (exact) mass is 372 g/mol. The van der Waals surface area contributed by atoms with E-state index in [0.717, 1.165) is 12.8 Å². The van der Waals surface area contributed by atoms with Gasteiger partial charge in [0, 0.05) is 24.7 Å². The Morgan fingerprint density at radius 2 is 2.00 bits per heavy atom. The maximum Gasteiger partial charge on any atom is 0.323 e. The lowest BCUT2D eigenvalue weighted by molar-refractivity contribution is -0.128. The number of nitrogens with one attached hydrogen (secondary N) is 2. The molecule has 2 N–H and O–H groups in total. The normalized spacial score (nSPS) is 16.7. The van der Waals surface area contributed by atoms with Crippen molar-refractivity contribution in [2.75, 3.05) is 18.4 Å². The summed E-state index contributed by atoms with van der Waals surface area (Å²) in [5, 5.41) is 13.6. The zero-order valence-corrected chi connectivity index (χ0v) is 15.0. The third-order valence-electron chi connectivity index (χ3n) is 4.95. The van der Waals surface area contributed by atoms with Gasteiger partial charge in [-0.2, -0.15) is 0 Å². The molecular formula is C18H21FN6O2. The summed E-state index contributed by atoms with van der Waals surface area (Å²) in [7, 11) is 0. The minimum absolute atomic E-state index is 0.0218. The molecule has 3 amide bonds. The van der Waals surface area contributed by atoms with Gasteiger partial charge < -0.3 is 10.2 Å². The van der Waals surface area contributed by atoms with Crippen molar-refractivity contribution in [2.24, 2.45) is 5.92 Å². The van der Waals surface area contributed by atoms with Crippen LogP contribution in [-0.2, 0) is 11.3 Å². The van der Waals surface area contributed by atoms with E-state index in [2.05, 4.69) is 20.9 Å². The molecule has 0 radical (unpaired) electrons. The van der Waals surface area contributed by atoms with Gasteiger partial charge in [0.2, 0.25) is 5.91 Å². The Labute approximate surface area is 155 Å². The largest absolute Gasteiger partial charge is 0.353 e. The minimum atomic E-state index is -0.313. The van der Waals surface area contributed by atoms with Gasteiger partial charge in [0.25, 0.3) is 0 Å². The third kappa shape index (κ3) is 3.76. The van der Waals surface area contributed by atoms with Crippen LogP contribution < -0.4 is 10.6 Å². The van der Waals surface area contributed by atoms with Crippen molar-refractivity contribution in [1.82, 2.24) is 25.2 Å². The van der Waals surface area contributed by atoms with Gasteiger partial charge >= 0.3 is 6.03 Å². The van der Waals surface area contributed by atoms with Crippen LogP contribution in [0.2, 0.25) is 0 Å². The SMILES string of the molecule is Cc1c(NC(=O)N2CC(C(=O)NC3CC3)C2)nnn1Cc1ccccc1F. The van der Waals surface area contributed by atoms with E-state index in [9.17, 15) is 14.0 Å². The molecule has 1 aliphatic heterocycles. The van der Waals surface area contributed by atoms with Gasteiger partial charge in [0.1, 0.15) is 5.82 Å². The summed E-state index contributed by atoms with van der Waals surface area (Å²) in [5.74, 6) is -0.0981. The number of nitrogens with zero attached hydrogens (tertiary/aromatic N) is 4. The van der Waals surface area contributed by atoms with E-state index in [1.807, 2.05) is 0 Å². The number of hydrogen-bond donors (Lipinski definition) is 2. The molecule has 0 atom stereocenters. The summed E-state index contributed by atoms with van der Waals surface area (Å²) in [6, 6.07) is 6.47. The summed E-state index contributed by atoms with van der Waals surface area (Å²) < 4.78 is 15.3. The Morgan fingerprint density at radius 1 is 1.26 bits per heavy atom. The number of amides is 3. The predicted octanol–water partition coefficient (Wildman–Crippen LogP) is 1.52. The Hall–Kier alpha value is -2.97. The van der Waals surface area contributed by atoms with Crippen molar-refractivity contribution in [3.05, 3.63) is 41.3 Å². The Morgan fingerprint density at radius 3 is 2.70 bits per heavy atom. The number of likely N-dealkylation sites (tertiary alicyclic amines) is 1. The number of carbonyl (C=O) groups is 2. The number of benzene rings is 1. The number of rotatable bonds is 5. The van der Waals surface area contributed by atoms with Crippen LogP contribution in [0.15, 0.2) is 24.3 Å². The summed E-state index contributed by atoms with van der Waals surface area (Å²) in [6.45, 7) is 2.78. The first-order valence-corrected chi connectivity index (χ1v) is 9.01. The van der Waals surface area contributed by atoms with Gasteiger partial charge in [-0.05, 0) is 25.8 Å². The molecule has 9 heteroatoms. The second kappa shape index (κ2) is 6.98. The number of hydrogen-bond acceptors (Lipinski definition) is 4. The topological polar surface area (TPSA) is 92.2 Å². The van der Waals surface area contributed by atoms with Crippen LogP contribution in [0.25, 0.3) is 0 Å². The van der Waals surface area contributed by atoms with Crippen molar-refractivity contribution in [2.45, 2.75) is 32.4 Å². The van der Waals surface area contributed by atoms with E-state index < -0.39 is 0 Å². The van der Waals surface area contributed by atoms with Gasteiger partial charge in [0.05, 0.1) is 18.2 Å². The van der Waals surface area contributed by atoms with Crippen LogP contribution in [0, 0.1) is 18.7 Å². The molecule has 1 aromatic heterocycles. The molecule has 2 heterocycles. The first kappa shape index (κ1) is 17.4. The van der Waals surface area contributed by atoms with Gasteiger partial charge in [-0.25, -0.2) is 13.9 Å². The van der Waals surface area contributed by atoms with Gasteiger partial charge in [-0.3, -0.25) is 10.1 Å². The van der Waals surface area contributed by atoms with Crippen LogP contribution in [0.4, 0.5) is 15.0 Å². The molecule has 0 unspecified atom stereocenters. The summed E-state index contributed by atoms with van der Waals surface area (Å²) in [5.41, 5.74) is 1.13. The van der Waals surface area contributed by atoms with Gasteiger partial charge in [0.15, 0.2) is 5.82 Å². The second-order valence-corrected chi connectivity index (χ2v) is 7.09. The maximum atomic E-state index is 13.8. The first-order valence-electron chi connectivity index (χ1n) is 9.01. The summed E-state index contributed by atoms with van der Waals surface area (Å²) in [6.07, 6.45) is 2.09. The van der Waals surface area contributed by atoms with Gasteiger partial charge in [-0.1, -0.05) is 23.4 Å². The number of halogens is 1. The number of carbonyl (C=O) groups excluding carboxylic acids is 2. The smallest absolute Gasteiger partial charge is 0.323 e. The molecule has 4 rings (SSSR count). The molecule has 1 aliphatic carbocycles. The van der Waals surface area contributed by atoms with E-state index in [4.69, 9.17) is 0 Å². The van der Waals surface area contributed by atoms with Crippen molar-refractivity contribution in [1.29, 1.82) is 0 Å². The fourth-order valence-corrected chi connectivity index (χ4v) is 2.95. The zero-order chi connectivity index (χ0) is 19.0. The minimum Gasteiger partial charge on any atom is -0.353 e. The quantitative estimate of drug-likeness (QED) is 0.832. The predicted molar refractivity (Wildman–Crippen MR) is 95.5 cm³/mol. The third-order valence-corrected chi connectivity index (χ3v) is 4.95. The van der Waals surface area contributed by atoms with E-state index in [0.29, 0.717) is 36.2 Å². The Balaban J connectivity index is 1.32. The van der Waals surface area contributed by atoms with E-state index in [1.54, 1.807) is 30.0 Å². The molecule has 2 aromatic rings. The Kier molecular flexibility index (Phi) is 4.51. The highest BCUT2D eigenvalue weighted by atomic mass is 19.1. The van der Waals surface area contributed by atoms with Gasteiger partial charge in [-0.15, -0.1) is 5.10 Å². The van der Waals surface area contributed by atoms with Crippen molar-refractivity contribution < 1.29 is 14.0 Å². The lowest BCUT2D eigenvalue weighted by Gasteiger charge is -2.37. The van der Waals surface area contributed by atoms with Crippen molar-refractivity contribution in [3.63, 3.8) is 0 Å². The lowest BCUT2D eigenvalue weighted by Crippen LogP contribution is -2.57. The highest BCUT2D eigenvalue weighted by Gasteiger charge is 2.38. The average Bonchev–Trinajstić information content (AvgIpc) is 3.34. The molecule has 2 aliphatic rings. The summed E-state index contributed by atoms with van der Waals surface area (Å²) >= 11 is 0. The maximum absolute atomic E-state index is 13.8. The van der Waals surface area contributed by atoms with Crippen LogP contribution in [-0.4, -0.2) is 51.0 Å². The van der Waals surface area contributed by atoms with E-state index in [1.165, 1.54) is 10.7 Å². The Bertz CT molecular complexity index is 872. The van der Waals surface area contributed by atoms with E-state index in [-0.39, 0.29) is 30.2 Å². The van der Waals surface area contributed by atoms with Crippen LogP contribution in [0.1, 0.15) is 24.1 Å². The second-order valence-electron chi connectivity index (χ2n) is 7.09. The molecule has 8 nitrogen and oxygen atoms in total. The highest BCUT2D eigenvalue weighted by Crippen LogP contribution is 2.23. The lowest BCUT2D eigenvalue weighted by atomic mass is 10.00. The molecule has 142 valence electrons. The summed E-state index contributed by atoms with van der Waals surface area (Å²) in [4.78, 5) is 25.8. The highest BCUT2D eigenvalue weighted by molar-refractivity contribution is 5.91. The fourth-order valence-electron chi connectivity index (χ4n) is 2.95. The van der Waals surface area contributed by atoms with E-state index >= 15 is 0 Å². The first-order chi connectivity index (χ1) is 13.0. The molecule has 27 heavy (non-hydrogen) atoms. The molecule has 0 spiro atoms. The molecule has 1 aromatic carbocycles. The molecule has 1 saturated heterocycles. The molecule has 0 bridgehead atoms. The molecule has 2 fully saturated rings. The van der Waals surface area contributed by atoms with Crippen LogP contribution in [0.3, 0.4) is 0 Å². The van der Waals surface area contributed by atoms with Crippen molar-refractivity contribution >= 4 is 17.8 Å². The van der Waals surface area contributed by atoms with Crippen LogP contribution >= 0.6 is 0 Å². The number of urea groups is 1. The number of aromatic nitrogens is 3. The standard InChI is InChI=1S/C18H21FN6O2/c1-11-16(22-23-25(11)10-12-4-2-3-5-15(12)19)21-18(27)24-8-13(9-24)17(26)20-14-6-7-14/h2-5,13-14H,6-10H2,1H3,(H,20,26)(H,21,27). The van der Waals surface area contributed by atoms with Crippen molar-refractivity contribution in [3.8, 4) is 0 Å². The molecule has 1 saturated carbocycles. The average molecular weight is 372 g/mol. The zero-order valence-electron chi connectivity index (χ0n) is 15.0. The molecular weight excluding hydrogens is 351 g/mol. The fraction of sp³-hybridized carbons (Fsp3) is 0.444.